The van der Waals surface area contributed by atoms with E-state index in [9.17, 15) is 9.59 Å². The van der Waals surface area contributed by atoms with Gasteiger partial charge in [0.15, 0.2) is 0 Å². The summed E-state index contributed by atoms with van der Waals surface area (Å²) >= 11 is 0. The molecule has 0 spiro atoms. The second-order valence-electron chi connectivity index (χ2n) is 6.35. The quantitative estimate of drug-likeness (QED) is 0.837. The largest absolute Gasteiger partial charge is 0.459 e. The molecule has 2 N–H and O–H groups in total. The van der Waals surface area contributed by atoms with Crippen LogP contribution in [-0.4, -0.2) is 18.1 Å². The molecule has 5 heteroatoms. The molecule has 124 valence electrons. The second-order valence-corrected chi connectivity index (χ2v) is 6.35. The van der Waals surface area contributed by atoms with Crippen molar-refractivity contribution in [2.75, 3.05) is 0 Å². The number of allylic oxidation sites excluding steroid dienone is 1. The van der Waals surface area contributed by atoms with Crippen LogP contribution in [-0.2, 0) is 9.53 Å². The van der Waals surface area contributed by atoms with Crippen molar-refractivity contribution in [1.82, 2.24) is 10.6 Å². The molecule has 0 radical (unpaired) electrons. The Balaban J connectivity index is 2.38. The number of carbonyl (C=O) groups excluding carboxylic acids is 2. The Kier molecular flexibility index (Phi) is 5.08. The zero-order chi connectivity index (χ0) is 17.1. The molecule has 5 nitrogen and oxygen atoms in total. The molecule has 2 rings (SSSR count). The fourth-order valence-electron chi connectivity index (χ4n) is 2.57. The molecule has 0 aromatic heterocycles. The van der Waals surface area contributed by atoms with Crippen LogP contribution in [0.15, 0.2) is 35.5 Å². The van der Waals surface area contributed by atoms with Gasteiger partial charge in [-0.2, -0.15) is 0 Å². The third-order valence-electron chi connectivity index (χ3n) is 3.77. The van der Waals surface area contributed by atoms with E-state index < -0.39 is 12.0 Å². The van der Waals surface area contributed by atoms with E-state index in [4.69, 9.17) is 4.74 Å². The molecule has 2 amide bonds. The third-order valence-corrected chi connectivity index (χ3v) is 3.77. The van der Waals surface area contributed by atoms with Crippen molar-refractivity contribution >= 4 is 12.0 Å². The predicted molar refractivity (Wildman–Crippen MR) is 88.9 cm³/mol. The van der Waals surface area contributed by atoms with Gasteiger partial charge in [-0.25, -0.2) is 9.59 Å². The number of hydrogen-bond donors (Lipinski definition) is 2. The predicted octanol–water partition coefficient (Wildman–Crippen LogP) is 3.39. The first kappa shape index (κ1) is 17.1. The van der Waals surface area contributed by atoms with Gasteiger partial charge in [0.05, 0.1) is 17.7 Å². The molecule has 0 fully saturated rings. The molecule has 1 heterocycles. The van der Waals surface area contributed by atoms with Crippen LogP contribution in [0.1, 0.15) is 57.7 Å². The average molecular weight is 316 g/mol. The molecular formula is C18H24N2O3. The molecule has 0 unspecified atom stereocenters. The van der Waals surface area contributed by atoms with Gasteiger partial charge >= 0.3 is 12.0 Å². The van der Waals surface area contributed by atoms with Crippen LogP contribution >= 0.6 is 0 Å². The monoisotopic (exact) mass is 316 g/mol. The maximum Gasteiger partial charge on any atom is 0.338 e. The van der Waals surface area contributed by atoms with E-state index in [0.29, 0.717) is 17.2 Å². The second kappa shape index (κ2) is 6.86. The summed E-state index contributed by atoms with van der Waals surface area (Å²) in [5, 5.41) is 5.45. The highest BCUT2D eigenvalue weighted by atomic mass is 16.5. The maximum absolute atomic E-state index is 12.4. The third kappa shape index (κ3) is 3.92. The minimum atomic E-state index is -0.504. The summed E-state index contributed by atoms with van der Waals surface area (Å²) in [4.78, 5) is 24.2. The molecule has 1 atom stereocenters. The SMILES string of the molecule is CC1=C(C(=O)OC(C)C)[C@H](c2ccc(C(C)C)cc2)NC(=O)N1. The first-order valence-corrected chi connectivity index (χ1v) is 7.88. The molecule has 0 saturated heterocycles. The van der Waals surface area contributed by atoms with Gasteiger partial charge in [-0.05, 0) is 37.8 Å². The van der Waals surface area contributed by atoms with Crippen LogP contribution in [0.3, 0.4) is 0 Å². The highest BCUT2D eigenvalue weighted by molar-refractivity contribution is 5.95. The van der Waals surface area contributed by atoms with Crippen molar-refractivity contribution < 1.29 is 14.3 Å². The number of rotatable bonds is 4. The van der Waals surface area contributed by atoms with Gasteiger partial charge < -0.3 is 15.4 Å². The fourth-order valence-corrected chi connectivity index (χ4v) is 2.57. The molecule has 23 heavy (non-hydrogen) atoms. The summed E-state index contributed by atoms with van der Waals surface area (Å²) in [6.45, 7) is 9.56. The smallest absolute Gasteiger partial charge is 0.338 e. The van der Waals surface area contributed by atoms with Crippen molar-refractivity contribution in [1.29, 1.82) is 0 Å². The standard InChI is InChI=1S/C18H24N2O3/c1-10(2)13-6-8-14(9-7-13)16-15(17(21)23-11(3)4)12(5)19-18(22)20-16/h6-11,16H,1-5H3,(H2,19,20,22)/t16-/m0/s1. The van der Waals surface area contributed by atoms with E-state index in [1.54, 1.807) is 20.8 Å². The highest BCUT2D eigenvalue weighted by Gasteiger charge is 2.32. The van der Waals surface area contributed by atoms with E-state index in [1.807, 2.05) is 24.3 Å². The number of carbonyl (C=O) groups is 2. The van der Waals surface area contributed by atoms with Crippen LogP contribution in [0.4, 0.5) is 4.79 Å². The van der Waals surface area contributed by atoms with Crippen molar-refractivity contribution in [3.63, 3.8) is 0 Å². The lowest BCUT2D eigenvalue weighted by atomic mass is 9.93. The highest BCUT2D eigenvalue weighted by Crippen LogP contribution is 2.29. The summed E-state index contributed by atoms with van der Waals surface area (Å²) in [5.74, 6) is 0.0113. The Labute approximate surface area is 137 Å². The summed E-state index contributed by atoms with van der Waals surface area (Å²) in [7, 11) is 0. The molecular weight excluding hydrogens is 292 g/mol. The molecule has 1 aliphatic rings. The lowest BCUT2D eigenvalue weighted by Crippen LogP contribution is -2.45. The molecule has 0 aliphatic carbocycles. The molecule has 1 aromatic carbocycles. The van der Waals surface area contributed by atoms with Gasteiger partial charge in [-0.3, -0.25) is 0 Å². The van der Waals surface area contributed by atoms with E-state index in [2.05, 4.69) is 24.5 Å². The van der Waals surface area contributed by atoms with Gasteiger partial charge in [0.2, 0.25) is 0 Å². The molecule has 0 saturated carbocycles. The average Bonchev–Trinajstić information content (AvgIpc) is 2.45. The number of nitrogens with one attached hydrogen (secondary N) is 2. The zero-order valence-corrected chi connectivity index (χ0v) is 14.3. The maximum atomic E-state index is 12.4. The molecule has 0 bridgehead atoms. The first-order chi connectivity index (χ1) is 10.8. The van der Waals surface area contributed by atoms with Gasteiger partial charge in [0.1, 0.15) is 0 Å². The van der Waals surface area contributed by atoms with Gasteiger partial charge in [0.25, 0.3) is 0 Å². The molecule has 1 aliphatic heterocycles. The Morgan fingerprint density at radius 3 is 2.26 bits per heavy atom. The Bertz CT molecular complexity index is 630. The van der Waals surface area contributed by atoms with Gasteiger partial charge in [-0.1, -0.05) is 38.1 Å². The zero-order valence-electron chi connectivity index (χ0n) is 14.3. The lowest BCUT2D eigenvalue weighted by Gasteiger charge is -2.28. The summed E-state index contributed by atoms with van der Waals surface area (Å²) in [5.41, 5.74) is 3.04. The minimum Gasteiger partial charge on any atom is -0.459 e. The van der Waals surface area contributed by atoms with Crippen LogP contribution < -0.4 is 10.6 Å². The Morgan fingerprint density at radius 2 is 1.74 bits per heavy atom. The molecule has 1 aromatic rings. The number of urea groups is 1. The summed E-state index contributed by atoms with van der Waals surface area (Å²) in [6, 6.07) is 7.12. The van der Waals surface area contributed by atoms with Gasteiger partial charge in [0, 0.05) is 5.70 Å². The van der Waals surface area contributed by atoms with Crippen molar-refractivity contribution in [3.8, 4) is 0 Å². The van der Waals surface area contributed by atoms with Crippen molar-refractivity contribution in [2.24, 2.45) is 0 Å². The summed E-state index contributed by atoms with van der Waals surface area (Å²) < 4.78 is 5.32. The fraction of sp³-hybridized carbons (Fsp3) is 0.444. The first-order valence-electron chi connectivity index (χ1n) is 7.88. The number of amides is 2. The van der Waals surface area contributed by atoms with E-state index in [1.165, 1.54) is 5.56 Å². The summed E-state index contributed by atoms with van der Waals surface area (Å²) in [6.07, 6.45) is -0.218. The van der Waals surface area contributed by atoms with Crippen molar-refractivity contribution in [2.45, 2.75) is 52.7 Å². The van der Waals surface area contributed by atoms with Crippen LogP contribution in [0.5, 0.6) is 0 Å². The topological polar surface area (TPSA) is 67.4 Å². The van der Waals surface area contributed by atoms with Gasteiger partial charge in [-0.15, -0.1) is 0 Å². The van der Waals surface area contributed by atoms with Crippen LogP contribution in [0, 0.1) is 0 Å². The van der Waals surface area contributed by atoms with Crippen molar-refractivity contribution in [3.05, 3.63) is 46.7 Å². The number of esters is 1. The lowest BCUT2D eigenvalue weighted by molar-refractivity contribution is -0.143. The number of ether oxygens (including phenoxy) is 1. The Hall–Kier alpha value is -2.30. The number of hydrogen-bond acceptors (Lipinski definition) is 3. The van der Waals surface area contributed by atoms with Crippen LogP contribution in [0.2, 0.25) is 0 Å². The van der Waals surface area contributed by atoms with E-state index >= 15 is 0 Å². The number of benzene rings is 1. The van der Waals surface area contributed by atoms with Crippen LogP contribution in [0.25, 0.3) is 0 Å². The van der Waals surface area contributed by atoms with E-state index in [-0.39, 0.29) is 12.1 Å². The normalized spacial score (nSPS) is 18.0. The Morgan fingerprint density at radius 1 is 1.13 bits per heavy atom. The minimum absolute atomic E-state index is 0.218. The van der Waals surface area contributed by atoms with E-state index in [0.717, 1.165) is 5.56 Å².